The third-order valence-electron chi connectivity index (χ3n) is 2.31. The van der Waals surface area contributed by atoms with Gasteiger partial charge in [-0.1, -0.05) is 23.7 Å². The molecular formula is C13H9ClIN3OS. The van der Waals surface area contributed by atoms with E-state index in [4.69, 9.17) is 23.8 Å². The molecule has 0 aliphatic carbocycles. The van der Waals surface area contributed by atoms with Crippen molar-refractivity contribution in [3.63, 3.8) is 0 Å². The fraction of sp³-hybridized carbons (Fsp3) is 0. The molecular weight excluding hydrogens is 409 g/mol. The molecule has 2 rings (SSSR count). The van der Waals surface area contributed by atoms with Crippen molar-refractivity contribution >= 4 is 63.2 Å². The van der Waals surface area contributed by atoms with Crippen molar-refractivity contribution in [2.75, 3.05) is 5.32 Å². The maximum Gasteiger partial charge on any atom is 0.258 e. The molecule has 0 spiro atoms. The molecule has 0 radical (unpaired) electrons. The fourth-order valence-electron chi connectivity index (χ4n) is 1.41. The Morgan fingerprint density at radius 1 is 1.25 bits per heavy atom. The molecule has 0 atom stereocenters. The van der Waals surface area contributed by atoms with Gasteiger partial charge in [0.2, 0.25) is 0 Å². The summed E-state index contributed by atoms with van der Waals surface area (Å²) in [7, 11) is 0. The van der Waals surface area contributed by atoms with Crippen molar-refractivity contribution in [3.05, 3.63) is 56.8 Å². The fourth-order valence-corrected chi connectivity index (χ4v) is 2.35. The molecule has 0 unspecified atom stereocenters. The molecule has 0 aliphatic heterocycles. The smallest absolute Gasteiger partial charge is 0.258 e. The molecule has 20 heavy (non-hydrogen) atoms. The molecule has 1 aromatic heterocycles. The molecule has 1 aromatic carbocycles. The molecule has 102 valence electrons. The predicted molar refractivity (Wildman–Crippen MR) is 92.1 cm³/mol. The Morgan fingerprint density at radius 3 is 2.65 bits per heavy atom. The minimum atomic E-state index is -0.263. The average molecular weight is 418 g/mol. The van der Waals surface area contributed by atoms with Gasteiger partial charge in [-0.05, 0) is 59.1 Å². The summed E-state index contributed by atoms with van der Waals surface area (Å²) >= 11 is 12.9. The number of benzene rings is 1. The van der Waals surface area contributed by atoms with Gasteiger partial charge in [0.05, 0.1) is 10.6 Å². The molecule has 0 saturated heterocycles. The second-order valence-corrected chi connectivity index (χ2v) is 5.76. The molecule has 2 N–H and O–H groups in total. The number of hydrogen-bond donors (Lipinski definition) is 2. The van der Waals surface area contributed by atoms with Crippen LogP contribution in [-0.2, 0) is 0 Å². The van der Waals surface area contributed by atoms with Crippen molar-refractivity contribution in [1.82, 2.24) is 10.3 Å². The van der Waals surface area contributed by atoms with Gasteiger partial charge in [0.15, 0.2) is 5.11 Å². The van der Waals surface area contributed by atoms with Gasteiger partial charge in [-0.25, -0.2) is 4.98 Å². The molecule has 0 fully saturated rings. The van der Waals surface area contributed by atoms with Crippen LogP contribution in [0.3, 0.4) is 0 Å². The highest BCUT2D eigenvalue weighted by Gasteiger charge is 2.10. The first kappa shape index (κ1) is 15.1. The predicted octanol–water partition coefficient (Wildman–Crippen LogP) is 3.47. The van der Waals surface area contributed by atoms with Crippen LogP contribution in [0, 0.1) is 3.57 Å². The standard InChI is InChI=1S/C13H9ClIN3OS/c14-8-5-6-11(16-7-8)17-13(20)18-12(19)9-3-1-2-4-10(9)15/h1-7H,(H2,16,17,18,19,20). The summed E-state index contributed by atoms with van der Waals surface area (Å²) in [5, 5.41) is 6.14. The highest BCUT2D eigenvalue weighted by atomic mass is 127. The van der Waals surface area contributed by atoms with E-state index in [0.29, 0.717) is 16.4 Å². The summed E-state index contributed by atoms with van der Waals surface area (Å²) < 4.78 is 0.856. The monoisotopic (exact) mass is 417 g/mol. The summed E-state index contributed by atoms with van der Waals surface area (Å²) in [6.45, 7) is 0. The van der Waals surface area contributed by atoms with Gasteiger partial charge in [-0.2, -0.15) is 0 Å². The van der Waals surface area contributed by atoms with E-state index in [9.17, 15) is 4.79 Å². The van der Waals surface area contributed by atoms with Crippen molar-refractivity contribution in [3.8, 4) is 0 Å². The van der Waals surface area contributed by atoms with Crippen LogP contribution in [0.2, 0.25) is 5.02 Å². The van der Waals surface area contributed by atoms with Crippen LogP contribution in [0.4, 0.5) is 5.82 Å². The molecule has 1 amide bonds. The number of hydrogen-bond acceptors (Lipinski definition) is 3. The van der Waals surface area contributed by atoms with E-state index in [1.165, 1.54) is 6.20 Å². The Kier molecular flexibility index (Phi) is 5.27. The molecule has 0 saturated carbocycles. The summed E-state index contributed by atoms with van der Waals surface area (Å²) in [5.41, 5.74) is 0.571. The van der Waals surface area contributed by atoms with Gasteiger partial charge in [0.1, 0.15) is 5.82 Å². The largest absolute Gasteiger partial charge is 0.317 e. The number of carbonyl (C=O) groups excluding carboxylic acids is 1. The van der Waals surface area contributed by atoms with E-state index in [1.54, 1.807) is 24.3 Å². The van der Waals surface area contributed by atoms with Crippen molar-refractivity contribution in [2.24, 2.45) is 0 Å². The van der Waals surface area contributed by atoms with Crippen molar-refractivity contribution < 1.29 is 4.79 Å². The molecule has 7 heteroatoms. The zero-order chi connectivity index (χ0) is 14.5. The minimum absolute atomic E-state index is 0.185. The normalized spacial score (nSPS) is 9.90. The quantitative estimate of drug-likeness (QED) is 0.580. The number of thiocarbonyl (C=S) groups is 1. The highest BCUT2D eigenvalue weighted by molar-refractivity contribution is 14.1. The van der Waals surface area contributed by atoms with Crippen LogP contribution >= 0.6 is 46.4 Å². The number of anilines is 1. The molecule has 0 bridgehead atoms. The van der Waals surface area contributed by atoms with E-state index in [-0.39, 0.29) is 11.0 Å². The van der Waals surface area contributed by atoms with Gasteiger partial charge in [0, 0.05) is 9.77 Å². The van der Waals surface area contributed by atoms with Crippen LogP contribution < -0.4 is 10.6 Å². The number of pyridine rings is 1. The summed E-state index contributed by atoms with van der Waals surface area (Å²) in [6.07, 6.45) is 1.49. The summed E-state index contributed by atoms with van der Waals surface area (Å²) in [5.74, 6) is 0.254. The molecule has 1 heterocycles. The maximum absolute atomic E-state index is 12.0. The Labute approximate surface area is 140 Å². The number of nitrogens with zero attached hydrogens (tertiary/aromatic N) is 1. The van der Waals surface area contributed by atoms with Crippen molar-refractivity contribution in [1.29, 1.82) is 0 Å². The first-order valence-electron chi connectivity index (χ1n) is 5.54. The Bertz CT molecular complexity index is 648. The van der Waals surface area contributed by atoms with Crippen LogP contribution in [0.15, 0.2) is 42.6 Å². The average Bonchev–Trinajstić information content (AvgIpc) is 2.41. The van der Waals surface area contributed by atoms with E-state index >= 15 is 0 Å². The lowest BCUT2D eigenvalue weighted by molar-refractivity contribution is 0.0977. The summed E-state index contributed by atoms with van der Waals surface area (Å²) in [6, 6.07) is 10.6. The van der Waals surface area contributed by atoms with E-state index < -0.39 is 0 Å². The Morgan fingerprint density at radius 2 is 2.00 bits per heavy atom. The number of carbonyl (C=O) groups is 1. The highest BCUT2D eigenvalue weighted by Crippen LogP contribution is 2.12. The number of rotatable bonds is 2. The molecule has 0 aliphatic rings. The third-order valence-corrected chi connectivity index (χ3v) is 3.68. The van der Waals surface area contributed by atoms with Crippen LogP contribution in [-0.4, -0.2) is 16.0 Å². The number of halogens is 2. The van der Waals surface area contributed by atoms with Gasteiger partial charge >= 0.3 is 0 Å². The minimum Gasteiger partial charge on any atom is -0.317 e. The van der Waals surface area contributed by atoms with Crippen molar-refractivity contribution in [2.45, 2.75) is 0 Å². The Balaban J connectivity index is 2.00. The van der Waals surface area contributed by atoms with Crippen LogP contribution in [0.1, 0.15) is 10.4 Å². The summed E-state index contributed by atoms with van der Waals surface area (Å²) in [4.78, 5) is 16.1. The van der Waals surface area contributed by atoms with Gasteiger partial charge in [-0.15, -0.1) is 0 Å². The van der Waals surface area contributed by atoms with Gasteiger partial charge in [-0.3, -0.25) is 10.1 Å². The second-order valence-electron chi connectivity index (χ2n) is 3.75. The first-order valence-corrected chi connectivity index (χ1v) is 7.41. The first-order chi connectivity index (χ1) is 9.56. The zero-order valence-corrected chi connectivity index (χ0v) is 13.8. The molecule has 2 aromatic rings. The van der Waals surface area contributed by atoms with E-state index in [2.05, 4.69) is 38.2 Å². The van der Waals surface area contributed by atoms with Crippen LogP contribution in [0.5, 0.6) is 0 Å². The van der Waals surface area contributed by atoms with E-state index in [0.717, 1.165) is 3.57 Å². The van der Waals surface area contributed by atoms with Gasteiger partial charge in [0.25, 0.3) is 5.91 Å². The number of aromatic nitrogens is 1. The molecule has 4 nitrogen and oxygen atoms in total. The van der Waals surface area contributed by atoms with Crippen LogP contribution in [0.25, 0.3) is 0 Å². The maximum atomic E-state index is 12.0. The third kappa shape index (κ3) is 4.12. The number of nitrogens with one attached hydrogen (secondary N) is 2. The number of amides is 1. The second kappa shape index (κ2) is 6.96. The topological polar surface area (TPSA) is 54.0 Å². The SMILES string of the molecule is O=C(NC(=S)Nc1ccc(Cl)cn1)c1ccccc1I. The van der Waals surface area contributed by atoms with Gasteiger partial charge < -0.3 is 5.32 Å². The lowest BCUT2D eigenvalue weighted by Gasteiger charge is -2.09. The lowest BCUT2D eigenvalue weighted by atomic mass is 10.2. The zero-order valence-electron chi connectivity index (χ0n) is 10.1. The Hall–Kier alpha value is -1.25. The lowest BCUT2D eigenvalue weighted by Crippen LogP contribution is -2.34. The van der Waals surface area contributed by atoms with E-state index in [1.807, 2.05) is 12.1 Å².